The molecule has 6 rings (SSSR count). The van der Waals surface area contributed by atoms with Gasteiger partial charge in [0.2, 0.25) is 0 Å². The molecular formula is C36H32N2O6S2. The molecule has 46 heavy (non-hydrogen) atoms. The largest absolute Gasteiger partial charge is 0.484 e. The van der Waals surface area contributed by atoms with Gasteiger partial charge in [0.25, 0.3) is 0 Å². The molecule has 4 aromatic carbocycles. The standard InChI is InChI=1S/C36H32N2O6S2/c37-33(21-29(31-17-7-19-45-31)41-27-15-5-11-23-9-1-3-13-25(23)27)43-35(39)36(40)44-34(38)22-30(32-18-8-20-46-32)42-28-16-6-12-24-10-2-4-14-26(24)28/h1-20,29-30,33-34H,21-22,37-38H2. The van der Waals surface area contributed by atoms with Gasteiger partial charge in [0.1, 0.15) is 23.7 Å². The second-order valence-electron chi connectivity index (χ2n) is 10.6. The van der Waals surface area contributed by atoms with Crippen LogP contribution in [-0.4, -0.2) is 24.4 Å². The van der Waals surface area contributed by atoms with E-state index in [-0.39, 0.29) is 12.8 Å². The molecule has 234 valence electrons. The molecule has 2 aromatic heterocycles. The molecule has 0 spiro atoms. The Balaban J connectivity index is 1.08. The summed E-state index contributed by atoms with van der Waals surface area (Å²) in [7, 11) is 0. The zero-order chi connectivity index (χ0) is 31.9. The summed E-state index contributed by atoms with van der Waals surface area (Å²) in [6.07, 6.45) is -3.13. The van der Waals surface area contributed by atoms with Crippen LogP contribution in [0.3, 0.4) is 0 Å². The van der Waals surface area contributed by atoms with Crippen LogP contribution in [0.4, 0.5) is 0 Å². The minimum absolute atomic E-state index is 0.105. The Hall–Kier alpha value is -4.74. The molecule has 8 nitrogen and oxygen atoms in total. The van der Waals surface area contributed by atoms with Crippen LogP contribution in [0, 0.1) is 0 Å². The summed E-state index contributed by atoms with van der Waals surface area (Å²) in [5, 5.41) is 7.81. The summed E-state index contributed by atoms with van der Waals surface area (Å²) in [6.45, 7) is 0. The number of ether oxygens (including phenoxy) is 4. The first-order valence-corrected chi connectivity index (χ1v) is 16.5. The molecule has 10 heteroatoms. The van der Waals surface area contributed by atoms with E-state index in [0.29, 0.717) is 11.5 Å². The molecule has 0 amide bonds. The van der Waals surface area contributed by atoms with Crippen molar-refractivity contribution in [3.8, 4) is 11.5 Å². The first kappa shape index (κ1) is 31.3. The number of esters is 2. The Morgan fingerprint density at radius 3 is 1.37 bits per heavy atom. The van der Waals surface area contributed by atoms with Crippen molar-refractivity contribution in [1.82, 2.24) is 0 Å². The van der Waals surface area contributed by atoms with Gasteiger partial charge in [0.05, 0.1) is 0 Å². The number of carbonyl (C=O) groups is 2. The van der Waals surface area contributed by atoms with Gasteiger partial charge in [0, 0.05) is 33.4 Å². The second-order valence-corrected chi connectivity index (χ2v) is 12.5. The fourth-order valence-electron chi connectivity index (χ4n) is 5.19. The highest BCUT2D eigenvalue weighted by Gasteiger charge is 2.28. The molecule has 6 aromatic rings. The predicted molar refractivity (Wildman–Crippen MR) is 181 cm³/mol. The molecule has 4 unspecified atom stereocenters. The van der Waals surface area contributed by atoms with Crippen LogP contribution >= 0.6 is 22.7 Å². The number of fused-ring (bicyclic) bond motifs is 2. The van der Waals surface area contributed by atoms with Gasteiger partial charge in [-0.2, -0.15) is 0 Å². The number of rotatable bonds is 12. The van der Waals surface area contributed by atoms with E-state index in [1.807, 2.05) is 120 Å². The van der Waals surface area contributed by atoms with Crippen LogP contribution in [0.15, 0.2) is 120 Å². The van der Waals surface area contributed by atoms with Gasteiger partial charge in [-0.3, -0.25) is 11.5 Å². The minimum Gasteiger partial charge on any atom is -0.484 e. The average molecular weight is 653 g/mol. The quantitative estimate of drug-likeness (QED) is 0.0792. The molecule has 0 aliphatic carbocycles. The fourth-order valence-corrected chi connectivity index (χ4v) is 6.72. The first-order chi connectivity index (χ1) is 22.4. The monoisotopic (exact) mass is 652 g/mol. The molecule has 0 radical (unpaired) electrons. The van der Waals surface area contributed by atoms with E-state index in [1.54, 1.807) is 0 Å². The molecule has 0 saturated carbocycles. The lowest BCUT2D eigenvalue weighted by atomic mass is 10.1. The Labute approximate surface area is 274 Å². The van der Waals surface area contributed by atoms with Gasteiger partial charge in [0.15, 0.2) is 12.5 Å². The minimum atomic E-state index is -1.24. The van der Waals surface area contributed by atoms with E-state index in [1.165, 1.54) is 22.7 Å². The molecule has 0 saturated heterocycles. The number of carbonyl (C=O) groups excluding carboxylic acids is 2. The van der Waals surface area contributed by atoms with Crippen molar-refractivity contribution in [2.75, 3.05) is 0 Å². The zero-order valence-electron chi connectivity index (χ0n) is 24.7. The number of hydrogen-bond acceptors (Lipinski definition) is 10. The maximum Gasteiger partial charge on any atom is 0.419 e. The van der Waals surface area contributed by atoms with Crippen molar-refractivity contribution in [3.63, 3.8) is 0 Å². The van der Waals surface area contributed by atoms with Crippen molar-refractivity contribution >= 4 is 56.2 Å². The van der Waals surface area contributed by atoms with Crippen molar-refractivity contribution in [2.45, 2.75) is 37.5 Å². The first-order valence-electron chi connectivity index (χ1n) is 14.7. The molecular weight excluding hydrogens is 621 g/mol. The van der Waals surface area contributed by atoms with Crippen LogP contribution in [0.1, 0.15) is 34.8 Å². The van der Waals surface area contributed by atoms with Crippen LogP contribution < -0.4 is 20.9 Å². The summed E-state index contributed by atoms with van der Waals surface area (Å²) in [6, 6.07) is 35.0. The third-order valence-corrected chi connectivity index (χ3v) is 9.26. The van der Waals surface area contributed by atoms with E-state index in [4.69, 9.17) is 30.4 Å². The lowest BCUT2D eigenvalue weighted by Crippen LogP contribution is -2.37. The van der Waals surface area contributed by atoms with Gasteiger partial charge in [-0.05, 0) is 45.8 Å². The number of hydrogen-bond donors (Lipinski definition) is 2. The normalized spacial score (nSPS) is 13.9. The number of nitrogens with two attached hydrogens (primary N) is 2. The summed E-state index contributed by atoms with van der Waals surface area (Å²) >= 11 is 2.99. The highest BCUT2D eigenvalue weighted by Crippen LogP contribution is 2.35. The van der Waals surface area contributed by atoms with Gasteiger partial charge >= 0.3 is 11.9 Å². The van der Waals surface area contributed by atoms with Crippen LogP contribution in [0.5, 0.6) is 11.5 Å². The Bertz CT molecular complexity index is 1760. The van der Waals surface area contributed by atoms with Crippen molar-refractivity contribution in [1.29, 1.82) is 0 Å². The summed E-state index contributed by atoms with van der Waals surface area (Å²) in [5.41, 5.74) is 12.4. The highest BCUT2D eigenvalue weighted by molar-refractivity contribution is 7.10. The van der Waals surface area contributed by atoms with E-state index in [9.17, 15) is 9.59 Å². The molecule has 2 heterocycles. The van der Waals surface area contributed by atoms with E-state index in [2.05, 4.69) is 0 Å². The third-order valence-electron chi connectivity index (χ3n) is 7.34. The van der Waals surface area contributed by atoms with Crippen LogP contribution in [-0.2, 0) is 19.1 Å². The summed E-state index contributed by atoms with van der Waals surface area (Å²) in [4.78, 5) is 27.3. The summed E-state index contributed by atoms with van der Waals surface area (Å²) in [5.74, 6) is -1.13. The smallest absolute Gasteiger partial charge is 0.419 e. The number of benzene rings is 4. The highest BCUT2D eigenvalue weighted by atomic mass is 32.1. The van der Waals surface area contributed by atoms with E-state index >= 15 is 0 Å². The van der Waals surface area contributed by atoms with Gasteiger partial charge in [-0.1, -0.05) is 84.9 Å². The Morgan fingerprint density at radius 1 is 0.543 bits per heavy atom. The zero-order valence-corrected chi connectivity index (χ0v) is 26.3. The maximum atomic E-state index is 12.7. The lowest BCUT2D eigenvalue weighted by molar-refractivity contribution is -0.175. The van der Waals surface area contributed by atoms with Crippen molar-refractivity contribution in [2.24, 2.45) is 11.5 Å². The molecule has 0 aliphatic rings. The van der Waals surface area contributed by atoms with Gasteiger partial charge in [-0.15, -0.1) is 22.7 Å². The molecule has 4 atom stereocenters. The molecule has 4 N–H and O–H groups in total. The topological polar surface area (TPSA) is 123 Å². The van der Waals surface area contributed by atoms with Crippen LogP contribution in [0.25, 0.3) is 21.5 Å². The predicted octanol–water partition coefficient (Wildman–Crippen LogP) is 7.49. The Kier molecular flexibility index (Phi) is 9.90. The SMILES string of the molecule is NC(CC(Oc1cccc2ccccc12)c1cccs1)OC(=O)C(=O)OC(N)CC(Oc1cccc2ccccc12)c1cccs1. The third kappa shape index (κ3) is 7.55. The van der Waals surface area contributed by atoms with E-state index in [0.717, 1.165) is 31.3 Å². The Morgan fingerprint density at radius 2 is 0.957 bits per heavy atom. The average Bonchev–Trinajstić information content (AvgIpc) is 3.80. The summed E-state index contributed by atoms with van der Waals surface area (Å²) < 4.78 is 23.4. The second kappa shape index (κ2) is 14.6. The lowest BCUT2D eigenvalue weighted by Gasteiger charge is -2.23. The van der Waals surface area contributed by atoms with Crippen molar-refractivity contribution in [3.05, 3.63) is 130 Å². The molecule has 0 fully saturated rings. The maximum absolute atomic E-state index is 12.7. The molecule has 0 aliphatic heterocycles. The number of thiophene rings is 2. The van der Waals surface area contributed by atoms with Crippen molar-refractivity contribution < 1.29 is 28.5 Å². The van der Waals surface area contributed by atoms with Crippen LogP contribution in [0.2, 0.25) is 0 Å². The van der Waals surface area contributed by atoms with Gasteiger partial charge < -0.3 is 18.9 Å². The fraction of sp³-hybridized carbons (Fsp3) is 0.167. The van der Waals surface area contributed by atoms with E-state index < -0.39 is 36.6 Å². The molecule has 0 bridgehead atoms. The van der Waals surface area contributed by atoms with Gasteiger partial charge in [-0.25, -0.2) is 9.59 Å².